The smallest absolute Gasteiger partial charge is 0.338 e. The molecule has 244 valence electrons. The number of rotatable bonds is 9. The molecule has 0 amide bonds. The highest BCUT2D eigenvalue weighted by Gasteiger charge is 2.35. The molecule has 9 heteroatoms. The van der Waals surface area contributed by atoms with Gasteiger partial charge >= 0.3 is 5.97 Å². The normalized spacial score (nSPS) is 14.3. The van der Waals surface area contributed by atoms with Crippen LogP contribution in [0.4, 0.5) is 0 Å². The van der Waals surface area contributed by atoms with E-state index >= 15 is 0 Å². The fourth-order valence-corrected chi connectivity index (χ4v) is 7.24. The first-order valence-electron chi connectivity index (χ1n) is 15.8. The summed E-state index contributed by atoms with van der Waals surface area (Å²) in [7, 11) is 1.59. The molecule has 1 atom stereocenters. The van der Waals surface area contributed by atoms with Crippen molar-refractivity contribution < 1.29 is 19.0 Å². The third kappa shape index (κ3) is 6.47. The summed E-state index contributed by atoms with van der Waals surface area (Å²) in [4.78, 5) is 33.9. The zero-order valence-corrected chi connectivity index (χ0v) is 29.2. The lowest BCUT2D eigenvalue weighted by Gasteiger charge is -2.26. The van der Waals surface area contributed by atoms with Crippen molar-refractivity contribution in [3.8, 4) is 11.5 Å². The average molecular weight is 732 g/mol. The summed E-state index contributed by atoms with van der Waals surface area (Å²) in [6.45, 7) is 2.29. The summed E-state index contributed by atoms with van der Waals surface area (Å²) in [5, 5.41) is 1.96. The molecule has 5 aromatic carbocycles. The molecule has 0 aliphatic carbocycles. The molecule has 1 aliphatic heterocycles. The zero-order valence-electron chi connectivity index (χ0n) is 26.8. The van der Waals surface area contributed by atoms with Crippen molar-refractivity contribution in [1.82, 2.24) is 4.57 Å². The van der Waals surface area contributed by atoms with Gasteiger partial charge in [0, 0.05) is 15.6 Å². The summed E-state index contributed by atoms with van der Waals surface area (Å²) in [6, 6.07) is 36.0. The number of fused-ring (bicyclic) bond motifs is 2. The van der Waals surface area contributed by atoms with E-state index in [0.29, 0.717) is 38.7 Å². The molecule has 0 saturated heterocycles. The first kappa shape index (κ1) is 32.3. The van der Waals surface area contributed by atoms with Crippen LogP contribution in [-0.2, 0) is 16.1 Å². The summed E-state index contributed by atoms with van der Waals surface area (Å²) in [6.07, 6.45) is 1.88. The molecule has 2 heterocycles. The lowest BCUT2D eigenvalue weighted by molar-refractivity contribution is -0.138. The topological polar surface area (TPSA) is 79.1 Å². The monoisotopic (exact) mass is 730 g/mol. The largest absolute Gasteiger partial charge is 0.497 e. The molecule has 0 unspecified atom stereocenters. The van der Waals surface area contributed by atoms with Crippen LogP contribution in [0.2, 0.25) is 0 Å². The molecule has 0 saturated carbocycles. The van der Waals surface area contributed by atoms with E-state index in [9.17, 15) is 9.59 Å². The number of hydrogen-bond donors (Lipinski definition) is 0. The molecule has 0 fully saturated rings. The van der Waals surface area contributed by atoms with E-state index in [2.05, 4.69) is 15.9 Å². The number of carbonyl (C=O) groups is 1. The van der Waals surface area contributed by atoms with Gasteiger partial charge in [0.1, 0.15) is 18.1 Å². The number of hydrogen-bond acceptors (Lipinski definition) is 7. The van der Waals surface area contributed by atoms with Gasteiger partial charge in [-0.1, -0.05) is 112 Å². The van der Waals surface area contributed by atoms with Gasteiger partial charge in [-0.25, -0.2) is 9.79 Å². The van der Waals surface area contributed by atoms with Gasteiger partial charge in [0.05, 0.1) is 35.6 Å². The maximum Gasteiger partial charge on any atom is 0.338 e. The molecule has 0 N–H and O–H groups in total. The van der Waals surface area contributed by atoms with Gasteiger partial charge in [-0.3, -0.25) is 9.36 Å². The Morgan fingerprint density at radius 2 is 1.71 bits per heavy atom. The Hall–Kier alpha value is -5.25. The first-order chi connectivity index (χ1) is 23.9. The fourth-order valence-electron chi connectivity index (χ4n) is 5.99. The van der Waals surface area contributed by atoms with Gasteiger partial charge < -0.3 is 14.2 Å². The molecular formula is C40H31BrN2O5S. The average Bonchev–Trinajstić information content (AvgIpc) is 3.45. The van der Waals surface area contributed by atoms with Crippen LogP contribution in [0.1, 0.15) is 35.2 Å². The van der Waals surface area contributed by atoms with E-state index in [-0.39, 0.29) is 17.7 Å². The minimum absolute atomic E-state index is 0.170. The number of carbonyl (C=O) groups excluding carboxylic acids is 1. The van der Waals surface area contributed by atoms with Crippen LogP contribution in [0.15, 0.2) is 135 Å². The predicted molar refractivity (Wildman–Crippen MR) is 196 cm³/mol. The second-order valence-corrected chi connectivity index (χ2v) is 13.2. The minimum atomic E-state index is -0.816. The van der Waals surface area contributed by atoms with Gasteiger partial charge in [0.25, 0.3) is 5.56 Å². The molecule has 1 aliphatic rings. The number of thiazole rings is 1. The van der Waals surface area contributed by atoms with Gasteiger partial charge in [0.15, 0.2) is 4.80 Å². The van der Waals surface area contributed by atoms with Crippen molar-refractivity contribution in [1.29, 1.82) is 0 Å². The van der Waals surface area contributed by atoms with Gasteiger partial charge in [-0.05, 0) is 65.2 Å². The molecule has 0 spiro atoms. The lowest BCUT2D eigenvalue weighted by atomic mass is 9.93. The van der Waals surface area contributed by atoms with Crippen LogP contribution in [0, 0.1) is 0 Å². The Labute approximate surface area is 295 Å². The van der Waals surface area contributed by atoms with Crippen LogP contribution in [0.5, 0.6) is 11.5 Å². The highest BCUT2D eigenvalue weighted by atomic mass is 79.9. The Kier molecular flexibility index (Phi) is 9.28. The molecule has 1 aromatic heterocycles. The van der Waals surface area contributed by atoms with E-state index in [1.807, 2.05) is 121 Å². The van der Waals surface area contributed by atoms with Gasteiger partial charge in [0.2, 0.25) is 0 Å². The number of ether oxygens (including phenoxy) is 3. The van der Waals surface area contributed by atoms with Gasteiger partial charge in [-0.15, -0.1) is 0 Å². The number of nitrogens with zero attached hydrogens (tertiary/aromatic N) is 2. The van der Waals surface area contributed by atoms with Crippen molar-refractivity contribution in [2.75, 3.05) is 13.7 Å². The van der Waals surface area contributed by atoms with Crippen molar-refractivity contribution in [2.24, 2.45) is 4.99 Å². The van der Waals surface area contributed by atoms with Crippen LogP contribution < -0.4 is 24.4 Å². The van der Waals surface area contributed by atoms with Crippen molar-refractivity contribution in [3.05, 3.63) is 167 Å². The molecule has 6 aromatic rings. The quantitative estimate of drug-likeness (QED) is 0.145. The number of halogens is 1. The maximum absolute atomic E-state index is 14.6. The van der Waals surface area contributed by atoms with Crippen molar-refractivity contribution >= 4 is 55.8 Å². The summed E-state index contributed by atoms with van der Waals surface area (Å²) in [5.74, 6) is 0.711. The Morgan fingerprint density at radius 1 is 0.939 bits per heavy atom. The maximum atomic E-state index is 14.6. The fraction of sp³-hybridized carbons (Fsp3) is 0.125. The number of methoxy groups -OCH3 is 1. The first-order valence-corrected chi connectivity index (χ1v) is 17.4. The van der Waals surface area contributed by atoms with E-state index in [0.717, 1.165) is 31.9 Å². The summed E-state index contributed by atoms with van der Waals surface area (Å²) >= 11 is 4.77. The van der Waals surface area contributed by atoms with Crippen LogP contribution in [0.3, 0.4) is 0 Å². The summed E-state index contributed by atoms with van der Waals surface area (Å²) in [5.41, 5.74) is 3.70. The number of aromatic nitrogens is 1. The standard InChI is InChI=1S/C40H31BrN2O5S/c1-3-47-39(45)35-36(27-11-5-4-6-12-27)42-40-43(37(35)28-13-9-14-30(22-28)46-2)38(44)34(49-40)23-32-31-15-8-7-10-26(31)18-21-33(32)48-24-25-16-19-29(41)20-17-25/h4-23,37H,3,24H2,1-2H3/b34-23-/t37-/m1/s1. The van der Waals surface area contributed by atoms with Crippen LogP contribution in [-0.4, -0.2) is 24.3 Å². The second-order valence-electron chi connectivity index (χ2n) is 11.3. The third-order valence-corrected chi connectivity index (χ3v) is 9.81. The molecular weight excluding hydrogens is 700 g/mol. The van der Waals surface area contributed by atoms with Crippen LogP contribution >= 0.6 is 27.3 Å². The Balaban J connectivity index is 1.46. The van der Waals surface area contributed by atoms with E-state index in [4.69, 9.17) is 19.2 Å². The Bertz CT molecular complexity index is 2400. The lowest BCUT2D eigenvalue weighted by Crippen LogP contribution is -2.40. The van der Waals surface area contributed by atoms with E-state index in [1.54, 1.807) is 18.6 Å². The number of benzene rings is 5. The summed E-state index contributed by atoms with van der Waals surface area (Å²) < 4.78 is 20.6. The predicted octanol–water partition coefficient (Wildman–Crippen LogP) is 7.44. The minimum Gasteiger partial charge on any atom is -0.497 e. The van der Waals surface area contributed by atoms with E-state index in [1.165, 1.54) is 11.3 Å². The number of esters is 1. The highest BCUT2D eigenvalue weighted by Crippen LogP contribution is 2.36. The zero-order chi connectivity index (χ0) is 33.9. The van der Waals surface area contributed by atoms with Crippen LogP contribution in [0.25, 0.3) is 22.5 Å². The third-order valence-electron chi connectivity index (χ3n) is 8.30. The van der Waals surface area contributed by atoms with Crippen molar-refractivity contribution in [2.45, 2.75) is 19.6 Å². The molecule has 0 radical (unpaired) electrons. The highest BCUT2D eigenvalue weighted by molar-refractivity contribution is 9.10. The van der Waals surface area contributed by atoms with Crippen molar-refractivity contribution in [3.63, 3.8) is 0 Å². The molecule has 0 bridgehead atoms. The molecule has 49 heavy (non-hydrogen) atoms. The molecule has 7 nitrogen and oxygen atoms in total. The SMILES string of the molecule is CCOC(=O)C1=C(c2ccccc2)N=c2s/c(=C\c3c(OCc4ccc(Br)cc4)ccc4ccccc34)c(=O)n2[C@@H]1c1cccc(OC)c1. The molecule has 7 rings (SSSR count). The van der Waals surface area contributed by atoms with E-state index < -0.39 is 12.0 Å². The Morgan fingerprint density at radius 3 is 2.49 bits per heavy atom. The second kappa shape index (κ2) is 14.1. The van der Waals surface area contributed by atoms with Gasteiger partial charge in [-0.2, -0.15) is 0 Å².